The first kappa shape index (κ1) is 20.9. The zero-order valence-electron chi connectivity index (χ0n) is 17.7. The minimum atomic E-state index is -0.687. The first-order chi connectivity index (χ1) is 15.5. The van der Waals surface area contributed by atoms with Gasteiger partial charge in [0.1, 0.15) is 41.0 Å². The zero-order valence-corrected chi connectivity index (χ0v) is 17.7. The summed E-state index contributed by atoms with van der Waals surface area (Å²) in [6, 6.07) is 12.5. The van der Waals surface area contributed by atoms with Crippen LogP contribution in [-0.4, -0.2) is 40.5 Å². The highest BCUT2D eigenvalue weighted by atomic mass is 16.5. The molecular formula is C22H21N5O5. The Kier molecular flexibility index (Phi) is 5.75. The Labute approximate surface area is 183 Å². The molecule has 0 bridgehead atoms. The molecule has 0 atom stereocenters. The first-order valence-corrected chi connectivity index (χ1v) is 9.63. The van der Waals surface area contributed by atoms with Crippen molar-refractivity contribution in [1.82, 2.24) is 20.4 Å². The molecule has 0 unspecified atom stereocenters. The molecule has 2 aromatic heterocycles. The highest BCUT2D eigenvalue weighted by molar-refractivity contribution is 5.97. The van der Waals surface area contributed by atoms with Crippen molar-refractivity contribution in [3.05, 3.63) is 59.6 Å². The van der Waals surface area contributed by atoms with E-state index in [1.807, 2.05) is 6.07 Å². The van der Waals surface area contributed by atoms with Gasteiger partial charge >= 0.3 is 0 Å². The molecule has 10 nitrogen and oxygen atoms in total. The molecule has 2 heterocycles. The van der Waals surface area contributed by atoms with Crippen LogP contribution in [0.4, 0.5) is 0 Å². The molecule has 0 spiro atoms. The number of nitrogens with one attached hydrogen (secondary N) is 1. The van der Waals surface area contributed by atoms with Crippen molar-refractivity contribution in [3.8, 4) is 40.0 Å². The fourth-order valence-electron chi connectivity index (χ4n) is 3.18. The van der Waals surface area contributed by atoms with Gasteiger partial charge in [-0.2, -0.15) is 15.4 Å². The lowest BCUT2D eigenvalue weighted by molar-refractivity contribution is 0.0996. The van der Waals surface area contributed by atoms with Gasteiger partial charge in [0.2, 0.25) is 5.89 Å². The number of nitrogens with two attached hydrogens (primary N) is 1. The van der Waals surface area contributed by atoms with Gasteiger partial charge in [-0.3, -0.25) is 4.79 Å². The number of primary amides is 1. The van der Waals surface area contributed by atoms with Crippen molar-refractivity contribution in [2.24, 2.45) is 5.73 Å². The number of H-pyrrole nitrogens is 1. The predicted molar refractivity (Wildman–Crippen MR) is 114 cm³/mol. The van der Waals surface area contributed by atoms with Gasteiger partial charge in [-0.1, -0.05) is 12.1 Å². The number of para-hydroxylation sites is 1. The number of aromatic amines is 1. The van der Waals surface area contributed by atoms with Crippen LogP contribution in [0, 0.1) is 6.92 Å². The number of oxazole rings is 1. The number of hydrogen-bond donors (Lipinski definition) is 2. The molecule has 0 saturated heterocycles. The van der Waals surface area contributed by atoms with Gasteiger partial charge < -0.3 is 24.4 Å². The highest BCUT2D eigenvalue weighted by Gasteiger charge is 2.20. The molecule has 4 rings (SSSR count). The van der Waals surface area contributed by atoms with Crippen molar-refractivity contribution >= 4 is 5.91 Å². The van der Waals surface area contributed by atoms with E-state index in [-0.39, 0.29) is 12.3 Å². The van der Waals surface area contributed by atoms with Gasteiger partial charge in [-0.25, -0.2) is 4.98 Å². The molecule has 0 aliphatic carbocycles. The Morgan fingerprint density at radius 1 is 1.06 bits per heavy atom. The third-order valence-corrected chi connectivity index (χ3v) is 4.82. The number of rotatable bonds is 8. The van der Waals surface area contributed by atoms with Gasteiger partial charge in [-0.15, -0.1) is 0 Å². The topological polar surface area (TPSA) is 138 Å². The van der Waals surface area contributed by atoms with Crippen LogP contribution in [0.2, 0.25) is 0 Å². The van der Waals surface area contributed by atoms with E-state index in [9.17, 15) is 4.79 Å². The molecule has 0 aliphatic rings. The fourth-order valence-corrected chi connectivity index (χ4v) is 3.18. The number of benzene rings is 2. The van der Waals surface area contributed by atoms with Crippen LogP contribution in [0.15, 0.2) is 46.9 Å². The lowest BCUT2D eigenvalue weighted by Gasteiger charge is -2.09. The van der Waals surface area contributed by atoms with Crippen LogP contribution in [0.3, 0.4) is 0 Å². The number of nitrogens with zero attached hydrogens (tertiary/aromatic N) is 3. The number of carbonyl (C=O) groups excluding carboxylic acids is 1. The summed E-state index contributed by atoms with van der Waals surface area (Å²) in [5.74, 6) is 2.05. The standard InChI is InChI=1S/C22H21N5O5/c1-12-16(24-22(32-12)15-10-13(29-2)8-9-17(15)30-3)11-31-18-7-5-4-6-14(18)19-20(21(23)28)26-27-25-19/h4-10H,11H2,1-3H3,(H2,23,28)(H,25,26,27). The summed E-state index contributed by atoms with van der Waals surface area (Å²) in [7, 11) is 3.16. The van der Waals surface area contributed by atoms with Crippen LogP contribution in [0.5, 0.6) is 17.2 Å². The summed E-state index contributed by atoms with van der Waals surface area (Å²) in [6.07, 6.45) is 0. The van der Waals surface area contributed by atoms with Crippen molar-refractivity contribution in [3.63, 3.8) is 0 Å². The van der Waals surface area contributed by atoms with E-state index < -0.39 is 5.91 Å². The van der Waals surface area contributed by atoms with Crippen molar-refractivity contribution in [1.29, 1.82) is 0 Å². The highest BCUT2D eigenvalue weighted by Crippen LogP contribution is 2.35. The number of ether oxygens (including phenoxy) is 3. The van der Waals surface area contributed by atoms with Gasteiger partial charge in [0.05, 0.1) is 19.8 Å². The maximum Gasteiger partial charge on any atom is 0.271 e. The van der Waals surface area contributed by atoms with Gasteiger partial charge in [0.25, 0.3) is 5.91 Å². The second kappa shape index (κ2) is 8.80. The lowest BCUT2D eigenvalue weighted by atomic mass is 10.1. The lowest BCUT2D eigenvalue weighted by Crippen LogP contribution is -2.13. The van der Waals surface area contributed by atoms with Gasteiger partial charge in [0.15, 0.2) is 5.69 Å². The van der Waals surface area contributed by atoms with Crippen LogP contribution in [-0.2, 0) is 6.61 Å². The first-order valence-electron chi connectivity index (χ1n) is 9.63. The van der Waals surface area contributed by atoms with E-state index in [0.717, 1.165) is 0 Å². The van der Waals surface area contributed by atoms with E-state index in [1.54, 1.807) is 57.5 Å². The molecule has 32 heavy (non-hydrogen) atoms. The normalized spacial score (nSPS) is 10.7. The minimum absolute atomic E-state index is 0.0334. The monoisotopic (exact) mass is 435 g/mol. The molecule has 0 aliphatic heterocycles. The summed E-state index contributed by atoms with van der Waals surface area (Å²) in [5.41, 5.74) is 7.58. The Morgan fingerprint density at radius 2 is 1.88 bits per heavy atom. The Balaban J connectivity index is 1.62. The van der Waals surface area contributed by atoms with E-state index in [2.05, 4.69) is 20.4 Å². The van der Waals surface area contributed by atoms with E-state index >= 15 is 0 Å². The van der Waals surface area contributed by atoms with E-state index in [0.29, 0.717) is 51.4 Å². The van der Waals surface area contributed by atoms with Gasteiger partial charge in [0, 0.05) is 5.56 Å². The van der Waals surface area contributed by atoms with Crippen molar-refractivity contribution in [2.45, 2.75) is 13.5 Å². The summed E-state index contributed by atoms with van der Waals surface area (Å²) < 4.78 is 22.6. The maximum absolute atomic E-state index is 11.6. The predicted octanol–water partition coefficient (Wildman–Crippen LogP) is 3.13. The molecular weight excluding hydrogens is 414 g/mol. The van der Waals surface area contributed by atoms with E-state index in [1.165, 1.54) is 0 Å². The average molecular weight is 435 g/mol. The average Bonchev–Trinajstić information content (AvgIpc) is 3.44. The molecule has 1 amide bonds. The summed E-state index contributed by atoms with van der Waals surface area (Å²) in [6.45, 7) is 1.93. The second-order valence-electron chi connectivity index (χ2n) is 6.76. The largest absolute Gasteiger partial charge is 0.497 e. The van der Waals surface area contributed by atoms with Crippen molar-refractivity contribution < 1.29 is 23.4 Å². The number of hydrogen-bond acceptors (Lipinski definition) is 8. The van der Waals surface area contributed by atoms with Crippen molar-refractivity contribution in [2.75, 3.05) is 14.2 Å². The summed E-state index contributed by atoms with van der Waals surface area (Å²) in [4.78, 5) is 16.2. The fraction of sp³-hybridized carbons (Fsp3) is 0.182. The summed E-state index contributed by atoms with van der Waals surface area (Å²) in [5, 5.41) is 10.3. The SMILES string of the molecule is COc1ccc(OC)c(-c2nc(COc3ccccc3-c3n[nH]nc3C(N)=O)c(C)o2)c1. The van der Waals surface area contributed by atoms with Crippen LogP contribution >= 0.6 is 0 Å². The number of aromatic nitrogens is 4. The molecule has 0 saturated carbocycles. The quantitative estimate of drug-likeness (QED) is 0.430. The second-order valence-corrected chi connectivity index (χ2v) is 6.76. The molecule has 4 aromatic rings. The Morgan fingerprint density at radius 3 is 2.62 bits per heavy atom. The smallest absolute Gasteiger partial charge is 0.271 e. The summed E-state index contributed by atoms with van der Waals surface area (Å²) >= 11 is 0. The Bertz CT molecular complexity index is 1260. The molecule has 0 radical (unpaired) electrons. The van der Waals surface area contributed by atoms with Crippen LogP contribution in [0.1, 0.15) is 21.9 Å². The minimum Gasteiger partial charge on any atom is -0.497 e. The molecule has 3 N–H and O–H groups in total. The Hall–Kier alpha value is -4.34. The van der Waals surface area contributed by atoms with Crippen LogP contribution < -0.4 is 19.9 Å². The molecule has 164 valence electrons. The number of carbonyl (C=O) groups is 1. The van der Waals surface area contributed by atoms with E-state index in [4.69, 9.17) is 24.4 Å². The third-order valence-electron chi connectivity index (χ3n) is 4.82. The number of methoxy groups -OCH3 is 2. The maximum atomic E-state index is 11.6. The number of aryl methyl sites for hydroxylation is 1. The molecule has 2 aromatic carbocycles. The zero-order chi connectivity index (χ0) is 22.7. The molecule has 0 fully saturated rings. The molecule has 10 heteroatoms. The third kappa shape index (κ3) is 3.97. The van der Waals surface area contributed by atoms with Gasteiger partial charge in [-0.05, 0) is 37.3 Å². The number of amides is 1. The van der Waals surface area contributed by atoms with Crippen LogP contribution in [0.25, 0.3) is 22.7 Å².